The molecule has 3 atom stereocenters. The number of aryl methyl sites for hydroxylation is 1. The summed E-state index contributed by atoms with van der Waals surface area (Å²) in [5, 5.41) is 12.0. The third-order valence-electron chi connectivity index (χ3n) is 4.70. The van der Waals surface area contributed by atoms with E-state index in [1.54, 1.807) is 31.5 Å². The molecule has 0 aliphatic heterocycles. The van der Waals surface area contributed by atoms with E-state index in [1.165, 1.54) is 0 Å². The van der Waals surface area contributed by atoms with E-state index >= 15 is 0 Å². The van der Waals surface area contributed by atoms with Gasteiger partial charge in [-0.05, 0) is 18.1 Å². The van der Waals surface area contributed by atoms with Gasteiger partial charge in [-0.2, -0.15) is 0 Å². The van der Waals surface area contributed by atoms with Gasteiger partial charge in [0.1, 0.15) is 5.69 Å². The number of aliphatic carboxylic acids is 1. The Kier molecular flexibility index (Phi) is 6.86. The van der Waals surface area contributed by atoms with Crippen LogP contribution in [0.1, 0.15) is 30.8 Å². The minimum absolute atomic E-state index is 0.272. The number of nitrogens with one attached hydrogen (secondary N) is 1. The fraction of sp³-hybridized carbons (Fsp3) is 0.400. The zero-order valence-electron chi connectivity index (χ0n) is 16.4. The Hall–Kier alpha value is -3.07. The van der Waals surface area contributed by atoms with Crippen LogP contribution in [-0.4, -0.2) is 51.4 Å². The molecule has 0 spiro atoms. The molecular formula is C20H24FN3O5. The highest BCUT2D eigenvalue weighted by Gasteiger charge is 2.38. The molecule has 2 aromatic rings. The van der Waals surface area contributed by atoms with Crippen molar-refractivity contribution in [2.24, 2.45) is 18.7 Å². The van der Waals surface area contributed by atoms with Gasteiger partial charge in [-0.1, -0.05) is 32.0 Å². The molecule has 0 saturated heterocycles. The van der Waals surface area contributed by atoms with Crippen molar-refractivity contribution in [3.8, 4) is 0 Å². The summed E-state index contributed by atoms with van der Waals surface area (Å²) in [6, 6.07) is 6.03. The number of para-hydroxylation sites is 1. The number of carbonyl (C=O) groups excluding carboxylic acids is 3. The molecule has 0 fully saturated rings. The van der Waals surface area contributed by atoms with Crippen molar-refractivity contribution >= 4 is 34.3 Å². The van der Waals surface area contributed by atoms with Gasteiger partial charge in [-0.15, -0.1) is 0 Å². The molecule has 29 heavy (non-hydrogen) atoms. The van der Waals surface area contributed by atoms with Crippen LogP contribution in [0, 0.1) is 5.92 Å². The highest BCUT2D eigenvalue weighted by Crippen LogP contribution is 2.19. The number of nitrogens with zero attached hydrogens (tertiary/aromatic N) is 1. The predicted molar refractivity (Wildman–Crippen MR) is 104 cm³/mol. The van der Waals surface area contributed by atoms with Crippen LogP contribution in [0.3, 0.4) is 0 Å². The van der Waals surface area contributed by atoms with E-state index in [0.29, 0.717) is 0 Å². The first kappa shape index (κ1) is 22.2. The molecule has 0 aliphatic rings. The quantitative estimate of drug-likeness (QED) is 0.538. The average molecular weight is 405 g/mol. The summed E-state index contributed by atoms with van der Waals surface area (Å²) in [5.41, 5.74) is 6.46. The molecule has 2 rings (SSSR count). The molecule has 0 aliphatic carbocycles. The maximum Gasteiger partial charge on any atom is 0.305 e. The van der Waals surface area contributed by atoms with Gasteiger partial charge in [0.2, 0.25) is 6.17 Å². The van der Waals surface area contributed by atoms with E-state index < -0.39 is 54.0 Å². The predicted octanol–water partition coefficient (Wildman–Crippen LogP) is 1.21. The van der Waals surface area contributed by atoms with Crippen LogP contribution in [-0.2, 0) is 21.4 Å². The van der Waals surface area contributed by atoms with Crippen LogP contribution in [0.4, 0.5) is 4.39 Å². The van der Waals surface area contributed by atoms with Gasteiger partial charge in [0, 0.05) is 18.0 Å². The van der Waals surface area contributed by atoms with Crippen molar-refractivity contribution in [3.63, 3.8) is 0 Å². The van der Waals surface area contributed by atoms with E-state index in [-0.39, 0.29) is 5.69 Å². The maximum absolute atomic E-state index is 14.5. The van der Waals surface area contributed by atoms with Gasteiger partial charge in [-0.25, -0.2) is 4.39 Å². The number of carboxylic acid groups (broad SMARTS) is 1. The summed E-state index contributed by atoms with van der Waals surface area (Å²) in [4.78, 5) is 47.9. The summed E-state index contributed by atoms with van der Waals surface area (Å²) in [6.07, 6.45) is -3.41. The lowest BCUT2D eigenvalue weighted by molar-refractivity contribution is -0.142. The first-order valence-corrected chi connectivity index (χ1v) is 9.08. The van der Waals surface area contributed by atoms with Gasteiger partial charge >= 0.3 is 5.97 Å². The van der Waals surface area contributed by atoms with Crippen LogP contribution in [0.25, 0.3) is 10.9 Å². The number of benzene rings is 1. The summed E-state index contributed by atoms with van der Waals surface area (Å²) in [6.45, 7) is 3.19. The first-order chi connectivity index (χ1) is 13.5. The normalized spacial score (nSPS) is 14.4. The van der Waals surface area contributed by atoms with Crippen molar-refractivity contribution in [2.75, 3.05) is 0 Å². The number of carbonyl (C=O) groups is 4. The lowest BCUT2D eigenvalue weighted by atomic mass is 9.93. The number of Topliss-reactive ketones (excluding diaryl/α,β-unsaturated/α-hetero) is 2. The zero-order chi connectivity index (χ0) is 21.9. The van der Waals surface area contributed by atoms with Crippen LogP contribution in [0.2, 0.25) is 0 Å². The Morgan fingerprint density at radius 1 is 1.17 bits per heavy atom. The van der Waals surface area contributed by atoms with Gasteiger partial charge in [0.05, 0.1) is 18.5 Å². The highest BCUT2D eigenvalue weighted by molar-refractivity contribution is 6.11. The number of amides is 1. The van der Waals surface area contributed by atoms with Gasteiger partial charge in [-0.3, -0.25) is 19.2 Å². The number of aromatic nitrogens is 1. The molecule has 8 nitrogen and oxygen atoms in total. The van der Waals surface area contributed by atoms with E-state index in [4.69, 9.17) is 10.8 Å². The van der Waals surface area contributed by atoms with Gasteiger partial charge in [0.15, 0.2) is 11.6 Å². The molecule has 156 valence electrons. The third-order valence-corrected chi connectivity index (χ3v) is 4.70. The lowest BCUT2D eigenvalue weighted by Crippen LogP contribution is -2.52. The monoisotopic (exact) mass is 405 g/mol. The van der Waals surface area contributed by atoms with E-state index in [2.05, 4.69) is 5.32 Å². The number of halogens is 1. The van der Waals surface area contributed by atoms with Gasteiger partial charge < -0.3 is 20.7 Å². The number of hydrogen-bond donors (Lipinski definition) is 3. The molecule has 0 saturated carbocycles. The molecule has 1 amide bonds. The zero-order valence-corrected chi connectivity index (χ0v) is 16.4. The Labute approximate surface area is 166 Å². The number of ketones is 2. The Morgan fingerprint density at radius 2 is 1.79 bits per heavy atom. The molecule has 0 bridgehead atoms. The standard InChI is InChI=1S/C20H24FN3O5/c1-10(2)17(19(28)16(21)18(27)12(22)9-15(25)26)23-20(29)14-8-11-6-4-5-7-13(11)24(14)3/h4-8,10,12,16-17H,9,22H2,1-3H3,(H,23,29)(H,25,26)/t12?,16?,17-/m0/s1. The van der Waals surface area contributed by atoms with Crippen LogP contribution in [0.5, 0.6) is 0 Å². The van der Waals surface area contributed by atoms with E-state index in [0.717, 1.165) is 10.9 Å². The number of fused-ring (bicyclic) bond motifs is 1. The van der Waals surface area contributed by atoms with Gasteiger partial charge in [0.25, 0.3) is 5.91 Å². The van der Waals surface area contributed by atoms with Crippen molar-refractivity contribution < 1.29 is 28.7 Å². The number of alkyl halides is 1. The minimum atomic E-state index is -2.62. The lowest BCUT2D eigenvalue weighted by Gasteiger charge is -2.23. The SMILES string of the molecule is CC(C)[C@H](NC(=O)c1cc2ccccc2n1C)C(=O)C(F)C(=O)C(N)CC(=O)O. The third kappa shape index (κ3) is 4.86. The van der Waals surface area contributed by atoms with Crippen molar-refractivity contribution in [1.82, 2.24) is 9.88 Å². The van der Waals surface area contributed by atoms with Crippen molar-refractivity contribution in [2.45, 2.75) is 38.5 Å². The Morgan fingerprint density at radius 3 is 2.34 bits per heavy atom. The average Bonchev–Trinajstić information content (AvgIpc) is 3.00. The fourth-order valence-electron chi connectivity index (χ4n) is 3.06. The van der Waals surface area contributed by atoms with Crippen LogP contribution < -0.4 is 11.1 Å². The fourth-order valence-corrected chi connectivity index (χ4v) is 3.06. The van der Waals surface area contributed by atoms with E-state index in [1.807, 2.05) is 24.3 Å². The maximum atomic E-state index is 14.5. The highest BCUT2D eigenvalue weighted by atomic mass is 19.1. The number of hydrogen-bond acceptors (Lipinski definition) is 5. The van der Waals surface area contributed by atoms with Crippen molar-refractivity contribution in [1.29, 1.82) is 0 Å². The smallest absolute Gasteiger partial charge is 0.305 e. The number of carboxylic acids is 1. The summed E-state index contributed by atoms with van der Waals surface area (Å²) in [5.74, 6) is -4.96. The van der Waals surface area contributed by atoms with Crippen molar-refractivity contribution in [3.05, 3.63) is 36.0 Å². The number of nitrogens with two attached hydrogens (primary N) is 1. The second-order valence-electron chi connectivity index (χ2n) is 7.21. The molecule has 1 heterocycles. The molecular weight excluding hydrogens is 381 g/mol. The Balaban J connectivity index is 2.21. The van der Waals surface area contributed by atoms with Crippen LogP contribution >= 0.6 is 0 Å². The van der Waals surface area contributed by atoms with Crippen LogP contribution in [0.15, 0.2) is 30.3 Å². The number of rotatable bonds is 9. The minimum Gasteiger partial charge on any atom is -0.481 e. The molecule has 1 aromatic heterocycles. The first-order valence-electron chi connectivity index (χ1n) is 9.08. The second-order valence-corrected chi connectivity index (χ2v) is 7.21. The Bertz CT molecular complexity index is 953. The molecule has 4 N–H and O–H groups in total. The summed E-state index contributed by atoms with van der Waals surface area (Å²) in [7, 11) is 1.69. The second kappa shape index (κ2) is 8.95. The summed E-state index contributed by atoms with van der Waals surface area (Å²) >= 11 is 0. The molecule has 9 heteroatoms. The topological polar surface area (TPSA) is 131 Å². The summed E-state index contributed by atoms with van der Waals surface area (Å²) < 4.78 is 16.1. The largest absolute Gasteiger partial charge is 0.481 e. The molecule has 1 aromatic carbocycles. The molecule has 2 unspecified atom stereocenters. The molecule has 0 radical (unpaired) electrons. The van der Waals surface area contributed by atoms with E-state index in [9.17, 15) is 23.6 Å².